The number of nitrogens with one attached hydrogen (secondary N) is 1. The average molecular weight is 334 g/mol. The number of aromatic hydroxyl groups is 1. The highest BCUT2D eigenvalue weighted by Crippen LogP contribution is 2.27. The van der Waals surface area contributed by atoms with E-state index in [4.69, 9.17) is 16.7 Å². The molecule has 0 aromatic heterocycles. The summed E-state index contributed by atoms with van der Waals surface area (Å²) in [6.45, 7) is 3.96. The van der Waals surface area contributed by atoms with Gasteiger partial charge in [-0.05, 0) is 41.8 Å². The summed E-state index contributed by atoms with van der Waals surface area (Å²) in [5.41, 5.74) is 1.35. The fourth-order valence-corrected chi connectivity index (χ4v) is 2.26. The van der Waals surface area contributed by atoms with E-state index in [1.807, 2.05) is 13.8 Å². The Labute approximate surface area is 138 Å². The maximum atomic E-state index is 12.3. The number of anilines is 1. The molecular formula is C17H16ClNO4. The molecule has 2 aromatic carbocycles. The molecule has 5 nitrogen and oxygen atoms in total. The van der Waals surface area contributed by atoms with Gasteiger partial charge in [0.1, 0.15) is 5.75 Å². The molecule has 1 amide bonds. The van der Waals surface area contributed by atoms with Crippen molar-refractivity contribution in [2.45, 2.75) is 19.8 Å². The van der Waals surface area contributed by atoms with E-state index >= 15 is 0 Å². The Kier molecular flexibility index (Phi) is 4.91. The molecule has 23 heavy (non-hydrogen) atoms. The summed E-state index contributed by atoms with van der Waals surface area (Å²) in [6, 6.07) is 8.85. The summed E-state index contributed by atoms with van der Waals surface area (Å²) in [5.74, 6) is -1.55. The highest BCUT2D eigenvalue weighted by Gasteiger charge is 2.15. The van der Waals surface area contributed by atoms with Gasteiger partial charge in [0.25, 0.3) is 5.91 Å². The standard InChI is InChI=1S/C17H16ClNO4/c1-9(2)10-4-6-15(20)12(7-10)16(21)19-14-5-3-11(17(22)23)8-13(14)18/h3-9,20H,1-2H3,(H,19,21)(H,22,23). The molecule has 3 N–H and O–H groups in total. The third-order valence-electron chi connectivity index (χ3n) is 3.40. The van der Waals surface area contributed by atoms with E-state index in [0.717, 1.165) is 5.56 Å². The minimum atomic E-state index is -1.10. The van der Waals surface area contributed by atoms with Gasteiger partial charge in [-0.1, -0.05) is 31.5 Å². The van der Waals surface area contributed by atoms with Crippen molar-refractivity contribution in [1.29, 1.82) is 0 Å². The molecule has 0 aliphatic heterocycles. The maximum Gasteiger partial charge on any atom is 0.335 e. The van der Waals surface area contributed by atoms with Crippen LogP contribution in [0.3, 0.4) is 0 Å². The minimum absolute atomic E-state index is 0.0256. The normalized spacial score (nSPS) is 10.6. The lowest BCUT2D eigenvalue weighted by atomic mass is 10.00. The fraction of sp³-hybridized carbons (Fsp3) is 0.176. The molecule has 0 spiro atoms. The predicted molar refractivity (Wildman–Crippen MR) is 88.6 cm³/mol. The van der Waals surface area contributed by atoms with Gasteiger partial charge in [-0.3, -0.25) is 4.79 Å². The van der Waals surface area contributed by atoms with Gasteiger partial charge in [0.05, 0.1) is 21.8 Å². The molecule has 0 radical (unpaired) electrons. The zero-order valence-corrected chi connectivity index (χ0v) is 13.4. The number of phenolic OH excluding ortho intramolecular Hbond substituents is 1. The topological polar surface area (TPSA) is 86.6 Å². The molecule has 0 atom stereocenters. The van der Waals surface area contributed by atoms with Gasteiger partial charge in [-0.2, -0.15) is 0 Å². The molecule has 0 saturated carbocycles. The average Bonchev–Trinajstić information content (AvgIpc) is 2.49. The summed E-state index contributed by atoms with van der Waals surface area (Å²) >= 11 is 5.99. The number of aromatic carboxylic acids is 1. The van der Waals surface area contributed by atoms with Crippen LogP contribution in [0.1, 0.15) is 46.0 Å². The first-order chi connectivity index (χ1) is 10.8. The van der Waals surface area contributed by atoms with Crippen molar-refractivity contribution in [3.05, 3.63) is 58.1 Å². The van der Waals surface area contributed by atoms with Gasteiger partial charge >= 0.3 is 5.97 Å². The zero-order valence-electron chi connectivity index (χ0n) is 12.6. The number of rotatable bonds is 4. The lowest BCUT2D eigenvalue weighted by molar-refractivity contribution is 0.0696. The van der Waals surface area contributed by atoms with Crippen LogP contribution >= 0.6 is 11.6 Å². The van der Waals surface area contributed by atoms with Crippen molar-refractivity contribution in [1.82, 2.24) is 0 Å². The molecule has 0 aliphatic carbocycles. The third kappa shape index (κ3) is 3.81. The first-order valence-corrected chi connectivity index (χ1v) is 7.34. The molecule has 120 valence electrons. The smallest absolute Gasteiger partial charge is 0.335 e. The molecule has 6 heteroatoms. The maximum absolute atomic E-state index is 12.3. The number of amides is 1. The largest absolute Gasteiger partial charge is 0.507 e. The predicted octanol–water partition coefficient (Wildman–Crippen LogP) is 4.12. The Bertz CT molecular complexity index is 771. The molecule has 0 saturated heterocycles. The number of carbonyl (C=O) groups excluding carboxylic acids is 1. The Morgan fingerprint density at radius 1 is 1.13 bits per heavy atom. The Balaban J connectivity index is 2.29. The Hall–Kier alpha value is -2.53. The van der Waals surface area contributed by atoms with E-state index < -0.39 is 11.9 Å². The SMILES string of the molecule is CC(C)c1ccc(O)c(C(=O)Nc2ccc(C(=O)O)cc2Cl)c1. The van der Waals surface area contributed by atoms with Crippen molar-refractivity contribution in [2.75, 3.05) is 5.32 Å². The van der Waals surface area contributed by atoms with Crippen LogP contribution in [0.4, 0.5) is 5.69 Å². The third-order valence-corrected chi connectivity index (χ3v) is 3.71. The summed E-state index contributed by atoms with van der Waals surface area (Å²) in [7, 11) is 0. The lowest BCUT2D eigenvalue weighted by Gasteiger charge is -2.12. The zero-order chi connectivity index (χ0) is 17.1. The van der Waals surface area contributed by atoms with Crippen molar-refractivity contribution in [2.24, 2.45) is 0 Å². The number of halogens is 1. The van der Waals surface area contributed by atoms with Gasteiger partial charge in [-0.25, -0.2) is 4.79 Å². The second-order valence-corrected chi connectivity index (χ2v) is 5.79. The summed E-state index contributed by atoms with van der Waals surface area (Å²) < 4.78 is 0. The number of benzene rings is 2. The highest BCUT2D eigenvalue weighted by atomic mass is 35.5. The quantitative estimate of drug-likeness (QED) is 0.785. The van der Waals surface area contributed by atoms with Gasteiger partial charge in [-0.15, -0.1) is 0 Å². The van der Waals surface area contributed by atoms with Gasteiger partial charge in [0.15, 0.2) is 0 Å². The second kappa shape index (κ2) is 6.71. The second-order valence-electron chi connectivity index (χ2n) is 5.39. The van der Waals surface area contributed by atoms with Crippen molar-refractivity contribution in [3.8, 4) is 5.75 Å². The fourth-order valence-electron chi connectivity index (χ4n) is 2.03. The monoisotopic (exact) mass is 333 g/mol. The molecule has 2 rings (SSSR count). The van der Waals surface area contributed by atoms with Crippen LogP contribution in [0.2, 0.25) is 5.02 Å². The Morgan fingerprint density at radius 2 is 1.83 bits per heavy atom. The number of hydrogen-bond acceptors (Lipinski definition) is 3. The van der Waals surface area contributed by atoms with Crippen molar-refractivity contribution >= 4 is 29.2 Å². The molecule has 0 unspecified atom stereocenters. The molecule has 0 fully saturated rings. The lowest BCUT2D eigenvalue weighted by Crippen LogP contribution is -2.13. The molecular weight excluding hydrogens is 318 g/mol. The highest BCUT2D eigenvalue weighted by molar-refractivity contribution is 6.34. The number of phenols is 1. The number of hydrogen-bond donors (Lipinski definition) is 3. The minimum Gasteiger partial charge on any atom is -0.507 e. The van der Waals surface area contributed by atoms with Crippen molar-refractivity contribution in [3.63, 3.8) is 0 Å². The Morgan fingerprint density at radius 3 is 2.39 bits per heavy atom. The van der Waals surface area contributed by atoms with Crippen LogP contribution in [0.5, 0.6) is 5.75 Å². The van der Waals surface area contributed by atoms with Crippen molar-refractivity contribution < 1.29 is 19.8 Å². The molecule has 0 bridgehead atoms. The van der Waals surface area contributed by atoms with Crippen LogP contribution in [0.15, 0.2) is 36.4 Å². The summed E-state index contributed by atoms with van der Waals surface area (Å²) in [6.07, 6.45) is 0. The van der Waals surface area contributed by atoms with Gasteiger partial charge in [0, 0.05) is 0 Å². The van der Waals surface area contributed by atoms with Crippen LogP contribution in [0.25, 0.3) is 0 Å². The summed E-state index contributed by atoms with van der Waals surface area (Å²) in [5, 5.41) is 21.5. The first-order valence-electron chi connectivity index (χ1n) is 6.96. The van der Waals surface area contributed by atoms with E-state index in [1.54, 1.807) is 12.1 Å². The number of carboxylic acids is 1. The first kappa shape index (κ1) is 16.8. The molecule has 0 aliphatic rings. The number of carbonyl (C=O) groups is 2. The van der Waals surface area contributed by atoms with Gasteiger partial charge in [0.2, 0.25) is 0 Å². The van der Waals surface area contributed by atoms with Gasteiger partial charge < -0.3 is 15.5 Å². The van der Waals surface area contributed by atoms with Crippen LogP contribution in [-0.2, 0) is 0 Å². The number of carboxylic acid groups (broad SMARTS) is 1. The molecule has 0 heterocycles. The van der Waals surface area contributed by atoms with E-state index in [9.17, 15) is 14.7 Å². The van der Waals surface area contributed by atoms with Crippen LogP contribution in [0, 0.1) is 0 Å². The van der Waals surface area contributed by atoms with E-state index in [-0.39, 0.29) is 33.5 Å². The molecule has 2 aromatic rings. The van der Waals surface area contributed by atoms with Crippen LogP contribution < -0.4 is 5.32 Å². The summed E-state index contributed by atoms with van der Waals surface area (Å²) in [4.78, 5) is 23.2. The van der Waals surface area contributed by atoms with Crippen LogP contribution in [-0.4, -0.2) is 22.1 Å². The van der Waals surface area contributed by atoms with E-state index in [1.165, 1.54) is 24.3 Å². The van der Waals surface area contributed by atoms with E-state index in [0.29, 0.717) is 0 Å². The van der Waals surface area contributed by atoms with E-state index in [2.05, 4.69) is 5.32 Å².